The highest BCUT2D eigenvalue weighted by Gasteiger charge is 1.69. The smallest absolute Gasteiger partial charge is 0.271 e. The van der Waals surface area contributed by atoms with Crippen LogP contribution in [0.25, 0.3) is 0 Å². The molecule has 0 atom stereocenters. The third-order valence-electron chi connectivity index (χ3n) is 0.219. The number of thiol groups is 1. The van der Waals surface area contributed by atoms with Crippen molar-refractivity contribution < 1.29 is 12.7 Å². The van der Waals surface area contributed by atoms with E-state index in [4.69, 9.17) is 0 Å². The van der Waals surface area contributed by atoms with Crippen LogP contribution in [-0.2, 0) is 15.3 Å². The summed E-state index contributed by atoms with van der Waals surface area (Å²) in [6.07, 6.45) is 1.24. The minimum absolute atomic E-state index is 1.24. The number of hydrogen-bond acceptors (Lipinski definition) is 4. The zero-order chi connectivity index (χ0) is 5.70. The van der Waals surface area contributed by atoms with Crippen molar-refractivity contribution in [2.45, 2.75) is 6.92 Å². The largest absolute Gasteiger partial charge is 0.318 e. The van der Waals surface area contributed by atoms with E-state index in [1.54, 1.807) is 6.92 Å². The van der Waals surface area contributed by atoms with Gasteiger partial charge in [0.1, 0.15) is 0 Å². The molecule has 0 aliphatic heterocycles. The SMILES string of the molecule is C/C=N/O[SH](=O)=O. The maximum atomic E-state index is 9.46. The molecule has 0 bridgehead atoms. The van der Waals surface area contributed by atoms with Crippen molar-refractivity contribution >= 4 is 17.2 Å². The van der Waals surface area contributed by atoms with Gasteiger partial charge >= 0.3 is 11.0 Å². The van der Waals surface area contributed by atoms with Gasteiger partial charge in [0.2, 0.25) is 0 Å². The van der Waals surface area contributed by atoms with Crippen LogP contribution in [0.4, 0.5) is 0 Å². The standard InChI is InChI=1S/C2H5NO3S/c1-2-3-6-7(4)5/h2,7H,1H3/b3-2+. The van der Waals surface area contributed by atoms with Gasteiger partial charge in [-0.15, -0.1) is 0 Å². The number of oxime groups is 1. The van der Waals surface area contributed by atoms with Crippen LogP contribution in [0.2, 0.25) is 0 Å². The first kappa shape index (κ1) is 6.42. The third-order valence-corrected chi connectivity index (χ3v) is 0.447. The van der Waals surface area contributed by atoms with Gasteiger partial charge in [-0.25, -0.2) is 0 Å². The molecule has 0 amide bonds. The van der Waals surface area contributed by atoms with Crippen molar-refractivity contribution in [3.05, 3.63) is 0 Å². The molecule has 42 valence electrons. The zero-order valence-corrected chi connectivity index (χ0v) is 4.59. The predicted molar refractivity (Wildman–Crippen MR) is 25.6 cm³/mol. The molecule has 0 aromatic carbocycles. The minimum atomic E-state index is -2.80. The Balaban J connectivity index is 3.33. The fourth-order valence-corrected chi connectivity index (χ4v) is 0.257. The Morgan fingerprint density at radius 2 is 2.29 bits per heavy atom. The van der Waals surface area contributed by atoms with E-state index in [1.807, 2.05) is 0 Å². The molecule has 0 aliphatic rings. The van der Waals surface area contributed by atoms with Crippen molar-refractivity contribution in [3.8, 4) is 0 Å². The van der Waals surface area contributed by atoms with Crippen molar-refractivity contribution in [2.75, 3.05) is 0 Å². The summed E-state index contributed by atoms with van der Waals surface area (Å²) >= 11 is 0. The van der Waals surface area contributed by atoms with E-state index < -0.39 is 11.0 Å². The Morgan fingerprint density at radius 3 is 2.43 bits per heavy atom. The summed E-state index contributed by atoms with van der Waals surface area (Å²) in [6, 6.07) is 0. The van der Waals surface area contributed by atoms with Crippen LogP contribution in [0, 0.1) is 0 Å². The number of nitrogens with zero attached hydrogens (tertiary/aromatic N) is 1. The summed E-state index contributed by atoms with van der Waals surface area (Å²) in [6.45, 7) is 1.55. The van der Waals surface area contributed by atoms with E-state index in [-0.39, 0.29) is 0 Å². The topological polar surface area (TPSA) is 55.7 Å². The van der Waals surface area contributed by atoms with Gasteiger partial charge in [-0.3, -0.25) is 4.28 Å². The van der Waals surface area contributed by atoms with E-state index in [2.05, 4.69) is 9.44 Å². The molecule has 0 aromatic rings. The minimum Gasteiger partial charge on any atom is -0.271 e. The lowest BCUT2D eigenvalue weighted by atomic mass is 10.9. The first-order chi connectivity index (χ1) is 3.27. The second-order valence-corrected chi connectivity index (χ2v) is 1.28. The summed E-state index contributed by atoms with van der Waals surface area (Å²) in [5.74, 6) is 0. The molecule has 0 aromatic heterocycles. The van der Waals surface area contributed by atoms with E-state index in [9.17, 15) is 8.42 Å². The summed E-state index contributed by atoms with van der Waals surface area (Å²) in [4.78, 5) is 0. The molecule has 0 fully saturated rings. The highest BCUT2D eigenvalue weighted by molar-refractivity contribution is 7.67. The maximum Gasteiger partial charge on any atom is 0.318 e. The van der Waals surface area contributed by atoms with E-state index in [0.29, 0.717) is 0 Å². The highest BCUT2D eigenvalue weighted by Crippen LogP contribution is 1.68. The van der Waals surface area contributed by atoms with Gasteiger partial charge in [-0.1, -0.05) is 5.16 Å². The lowest BCUT2D eigenvalue weighted by molar-refractivity contribution is 0.358. The van der Waals surface area contributed by atoms with Gasteiger partial charge in [0.05, 0.1) is 0 Å². The average Bonchev–Trinajstić information content (AvgIpc) is 1.61. The van der Waals surface area contributed by atoms with Crippen LogP contribution in [0.15, 0.2) is 5.16 Å². The van der Waals surface area contributed by atoms with Gasteiger partial charge in [-0.2, -0.15) is 8.42 Å². The lowest BCUT2D eigenvalue weighted by Gasteiger charge is -1.76. The molecular formula is C2H5NO3S. The van der Waals surface area contributed by atoms with Crippen LogP contribution in [0.5, 0.6) is 0 Å². The second kappa shape index (κ2) is 3.60. The molecule has 0 saturated heterocycles. The summed E-state index contributed by atoms with van der Waals surface area (Å²) < 4.78 is 22.6. The Kier molecular flexibility index (Phi) is 3.31. The van der Waals surface area contributed by atoms with Crippen molar-refractivity contribution in [1.82, 2.24) is 0 Å². The van der Waals surface area contributed by atoms with E-state index >= 15 is 0 Å². The van der Waals surface area contributed by atoms with Gasteiger partial charge in [0.15, 0.2) is 0 Å². The quantitative estimate of drug-likeness (QED) is 0.307. The van der Waals surface area contributed by atoms with Gasteiger partial charge in [0, 0.05) is 6.21 Å². The molecule has 0 spiro atoms. The monoisotopic (exact) mass is 123 g/mol. The van der Waals surface area contributed by atoms with E-state index in [0.717, 1.165) is 0 Å². The summed E-state index contributed by atoms with van der Waals surface area (Å²) in [5, 5.41) is 2.95. The van der Waals surface area contributed by atoms with Crippen molar-refractivity contribution in [3.63, 3.8) is 0 Å². The molecular weight excluding hydrogens is 118 g/mol. The van der Waals surface area contributed by atoms with Crippen LogP contribution < -0.4 is 0 Å². The molecule has 0 aliphatic carbocycles. The Labute approximate surface area is 42.9 Å². The first-order valence-corrected chi connectivity index (χ1v) is 2.66. The van der Waals surface area contributed by atoms with Gasteiger partial charge < -0.3 is 0 Å². The molecule has 7 heavy (non-hydrogen) atoms. The molecule has 4 nitrogen and oxygen atoms in total. The van der Waals surface area contributed by atoms with Gasteiger partial charge in [0.25, 0.3) is 0 Å². The van der Waals surface area contributed by atoms with Crippen LogP contribution in [0.3, 0.4) is 0 Å². The average molecular weight is 123 g/mol. The lowest BCUT2D eigenvalue weighted by Crippen LogP contribution is -1.75. The Hall–Kier alpha value is -0.580. The van der Waals surface area contributed by atoms with Gasteiger partial charge in [-0.05, 0) is 6.92 Å². The molecule has 0 N–H and O–H groups in total. The fraction of sp³-hybridized carbons (Fsp3) is 0.500. The first-order valence-electron chi connectivity index (χ1n) is 1.57. The van der Waals surface area contributed by atoms with E-state index in [1.165, 1.54) is 6.21 Å². The normalized spacial score (nSPS) is 10.6. The third kappa shape index (κ3) is 5.42. The molecule has 0 radical (unpaired) electrons. The van der Waals surface area contributed by atoms with Crippen LogP contribution in [0.1, 0.15) is 6.92 Å². The summed E-state index contributed by atoms with van der Waals surface area (Å²) in [7, 11) is -2.80. The highest BCUT2D eigenvalue weighted by atomic mass is 32.2. The number of hydrogen-bond donors (Lipinski definition) is 1. The molecule has 0 rings (SSSR count). The number of rotatable bonds is 2. The fourth-order valence-electron chi connectivity index (χ4n) is 0.0856. The summed E-state index contributed by atoms with van der Waals surface area (Å²) in [5.41, 5.74) is 0. The van der Waals surface area contributed by atoms with Crippen molar-refractivity contribution in [2.24, 2.45) is 5.16 Å². The Morgan fingerprint density at radius 1 is 1.71 bits per heavy atom. The maximum absolute atomic E-state index is 9.46. The Bertz CT molecular complexity index is 119. The zero-order valence-electron chi connectivity index (χ0n) is 3.70. The molecule has 0 heterocycles. The van der Waals surface area contributed by atoms with Crippen LogP contribution >= 0.6 is 0 Å². The van der Waals surface area contributed by atoms with Crippen LogP contribution in [-0.4, -0.2) is 14.6 Å². The molecule has 5 heteroatoms. The predicted octanol–water partition coefficient (Wildman–Crippen LogP) is -0.465. The van der Waals surface area contributed by atoms with Crippen molar-refractivity contribution in [1.29, 1.82) is 0 Å². The molecule has 0 saturated carbocycles. The molecule has 0 unspecified atom stereocenters. The second-order valence-electron chi connectivity index (χ2n) is 0.669.